The Labute approximate surface area is 184 Å². The zero-order valence-electron chi connectivity index (χ0n) is 18.0. The lowest BCUT2D eigenvalue weighted by atomic mass is 9.94. The van der Waals surface area contributed by atoms with Crippen LogP contribution >= 0.6 is 11.6 Å². The number of methoxy groups -OCH3 is 4. The fourth-order valence-corrected chi connectivity index (χ4v) is 4.22. The van der Waals surface area contributed by atoms with Crippen LogP contribution in [0.2, 0.25) is 0 Å². The highest BCUT2D eigenvalue weighted by atomic mass is 35.5. The van der Waals surface area contributed by atoms with Crippen molar-refractivity contribution in [2.45, 2.75) is 13.0 Å². The van der Waals surface area contributed by atoms with E-state index in [0.29, 0.717) is 47.2 Å². The largest absolute Gasteiger partial charge is 0.493 e. The Kier molecular flexibility index (Phi) is 5.83. The van der Waals surface area contributed by atoms with Gasteiger partial charge in [-0.15, -0.1) is 11.6 Å². The van der Waals surface area contributed by atoms with Crippen molar-refractivity contribution in [3.8, 4) is 23.0 Å². The average Bonchev–Trinajstić information content (AvgIpc) is 2.81. The van der Waals surface area contributed by atoms with Crippen LogP contribution in [-0.2, 0) is 6.54 Å². The Balaban J connectivity index is 2.25. The molecule has 0 fully saturated rings. The highest BCUT2D eigenvalue weighted by Crippen LogP contribution is 2.43. The predicted molar refractivity (Wildman–Crippen MR) is 125 cm³/mol. The number of nitrogens with zero attached hydrogens (tertiary/aromatic N) is 1. The summed E-state index contributed by atoms with van der Waals surface area (Å²) in [6, 6.07) is 9.57. The molecule has 162 valence electrons. The lowest BCUT2D eigenvalue weighted by Gasteiger charge is -2.17. The molecule has 0 aliphatic carbocycles. The second kappa shape index (κ2) is 8.55. The van der Waals surface area contributed by atoms with Gasteiger partial charge in [0.1, 0.15) is 0 Å². The summed E-state index contributed by atoms with van der Waals surface area (Å²) >= 11 is 5.86. The Bertz CT molecular complexity index is 1350. The molecule has 0 unspecified atom stereocenters. The van der Waals surface area contributed by atoms with Gasteiger partial charge < -0.3 is 23.5 Å². The zero-order chi connectivity index (χ0) is 22.1. The van der Waals surface area contributed by atoms with Gasteiger partial charge in [0.25, 0.3) is 5.56 Å². The number of pyridine rings is 1. The summed E-state index contributed by atoms with van der Waals surface area (Å²) < 4.78 is 23.8. The van der Waals surface area contributed by atoms with E-state index < -0.39 is 0 Å². The monoisotopic (exact) mass is 441 g/mol. The highest BCUT2D eigenvalue weighted by molar-refractivity contribution is 6.26. The standard InChI is InChI=1S/C24H24ClNO5/c1-28-19-10-15-14-6-9-26(8-5-7-25)24(27)23(14)18-13-22(31-4)21(30-3)12-17(18)16(15)11-20(19)29-2/h6,9-13H,5,7-8H2,1-4H3. The number of ether oxygens (including phenoxy) is 4. The van der Waals surface area contributed by atoms with E-state index in [9.17, 15) is 4.79 Å². The van der Waals surface area contributed by atoms with E-state index in [1.54, 1.807) is 33.0 Å². The molecule has 0 saturated heterocycles. The van der Waals surface area contributed by atoms with Crippen LogP contribution in [0.15, 0.2) is 41.3 Å². The van der Waals surface area contributed by atoms with Crippen LogP contribution in [0.1, 0.15) is 6.42 Å². The van der Waals surface area contributed by atoms with Crippen molar-refractivity contribution < 1.29 is 18.9 Å². The number of hydrogen-bond acceptors (Lipinski definition) is 5. The van der Waals surface area contributed by atoms with Gasteiger partial charge in [0.15, 0.2) is 23.0 Å². The summed E-state index contributed by atoms with van der Waals surface area (Å²) in [5, 5.41) is 4.94. The van der Waals surface area contributed by atoms with Gasteiger partial charge in [0.05, 0.1) is 33.8 Å². The van der Waals surface area contributed by atoms with Crippen LogP contribution < -0.4 is 24.5 Å². The number of benzene rings is 3. The van der Waals surface area contributed by atoms with E-state index in [2.05, 4.69) is 0 Å². The van der Waals surface area contributed by atoms with Gasteiger partial charge in [-0.3, -0.25) is 4.79 Å². The van der Waals surface area contributed by atoms with Crippen LogP contribution in [0, 0.1) is 0 Å². The van der Waals surface area contributed by atoms with Gasteiger partial charge in [-0.05, 0) is 63.7 Å². The third kappa shape index (κ3) is 3.41. The molecule has 31 heavy (non-hydrogen) atoms. The van der Waals surface area contributed by atoms with E-state index in [1.165, 1.54) is 0 Å². The van der Waals surface area contributed by atoms with Gasteiger partial charge in [0.2, 0.25) is 0 Å². The minimum atomic E-state index is -0.0727. The SMILES string of the molecule is COc1cc2c(cc1OC)c1ccn(CCCCl)c(=O)c1c1cc(OC)c(OC)cc21. The second-order valence-corrected chi connectivity index (χ2v) is 7.53. The lowest BCUT2D eigenvalue weighted by molar-refractivity contribution is 0.355. The molecule has 0 atom stereocenters. The quantitative estimate of drug-likeness (QED) is 0.299. The summed E-state index contributed by atoms with van der Waals surface area (Å²) in [5.74, 6) is 2.85. The van der Waals surface area contributed by atoms with E-state index in [4.69, 9.17) is 30.5 Å². The first-order valence-corrected chi connectivity index (χ1v) is 10.4. The first-order chi connectivity index (χ1) is 15.1. The molecule has 4 aromatic rings. The molecular weight excluding hydrogens is 418 g/mol. The fraction of sp³-hybridized carbons (Fsp3) is 0.292. The summed E-state index contributed by atoms with van der Waals surface area (Å²) in [4.78, 5) is 13.5. The first-order valence-electron chi connectivity index (χ1n) is 9.90. The molecule has 0 aliphatic heterocycles. The van der Waals surface area contributed by atoms with Crippen molar-refractivity contribution >= 4 is 43.9 Å². The molecule has 0 aliphatic rings. The minimum absolute atomic E-state index is 0.0727. The number of halogens is 1. The van der Waals surface area contributed by atoms with Crippen LogP contribution in [0.5, 0.6) is 23.0 Å². The van der Waals surface area contributed by atoms with Crippen LogP contribution in [0.3, 0.4) is 0 Å². The van der Waals surface area contributed by atoms with E-state index in [-0.39, 0.29) is 5.56 Å². The van der Waals surface area contributed by atoms with Gasteiger partial charge >= 0.3 is 0 Å². The first kappa shape index (κ1) is 21.1. The predicted octanol–water partition coefficient (Wildman–Crippen LogP) is 4.97. The molecular formula is C24H24ClNO5. The van der Waals surface area contributed by atoms with Crippen molar-refractivity contribution in [1.82, 2.24) is 4.57 Å². The number of rotatable bonds is 7. The zero-order valence-corrected chi connectivity index (χ0v) is 18.7. The molecule has 0 N–H and O–H groups in total. The molecule has 1 heterocycles. The Morgan fingerprint density at radius 1 is 0.742 bits per heavy atom. The minimum Gasteiger partial charge on any atom is -0.493 e. The topological polar surface area (TPSA) is 58.9 Å². The molecule has 1 aromatic heterocycles. The van der Waals surface area contributed by atoms with Gasteiger partial charge in [0, 0.05) is 18.6 Å². The van der Waals surface area contributed by atoms with Crippen molar-refractivity contribution in [2.24, 2.45) is 0 Å². The number of hydrogen-bond donors (Lipinski definition) is 0. The van der Waals surface area contributed by atoms with E-state index >= 15 is 0 Å². The van der Waals surface area contributed by atoms with Crippen molar-refractivity contribution in [3.05, 3.63) is 46.9 Å². The maximum absolute atomic E-state index is 13.5. The van der Waals surface area contributed by atoms with Gasteiger partial charge in [-0.25, -0.2) is 0 Å². The third-order valence-corrected chi connectivity index (χ3v) is 5.86. The summed E-state index contributed by atoms with van der Waals surface area (Å²) in [5.41, 5.74) is -0.0727. The molecule has 7 heteroatoms. The molecule has 6 nitrogen and oxygen atoms in total. The fourth-order valence-electron chi connectivity index (χ4n) is 4.10. The summed E-state index contributed by atoms with van der Waals surface area (Å²) in [6.45, 7) is 0.553. The smallest absolute Gasteiger partial charge is 0.259 e. The third-order valence-electron chi connectivity index (χ3n) is 5.59. The summed E-state index contributed by atoms with van der Waals surface area (Å²) in [6.07, 6.45) is 2.53. The molecule has 0 spiro atoms. The van der Waals surface area contributed by atoms with Crippen molar-refractivity contribution in [1.29, 1.82) is 0 Å². The Morgan fingerprint density at radius 3 is 1.68 bits per heavy atom. The molecule has 0 radical (unpaired) electrons. The maximum atomic E-state index is 13.5. The molecule has 0 amide bonds. The normalized spacial score (nSPS) is 11.3. The number of fused-ring (bicyclic) bond motifs is 6. The second-order valence-electron chi connectivity index (χ2n) is 7.15. The Hall–Kier alpha value is -3.12. The Morgan fingerprint density at radius 2 is 1.19 bits per heavy atom. The average molecular weight is 442 g/mol. The van der Waals surface area contributed by atoms with Crippen LogP contribution in [0.4, 0.5) is 0 Å². The molecule has 4 rings (SSSR count). The van der Waals surface area contributed by atoms with E-state index in [1.807, 2.05) is 36.5 Å². The number of aryl methyl sites for hydroxylation is 1. The number of aromatic nitrogens is 1. The molecule has 3 aromatic carbocycles. The molecule has 0 saturated carbocycles. The number of alkyl halides is 1. The van der Waals surface area contributed by atoms with Gasteiger partial charge in [-0.2, -0.15) is 0 Å². The van der Waals surface area contributed by atoms with Crippen molar-refractivity contribution in [3.63, 3.8) is 0 Å². The van der Waals surface area contributed by atoms with Crippen LogP contribution in [-0.4, -0.2) is 38.9 Å². The van der Waals surface area contributed by atoms with Crippen molar-refractivity contribution in [2.75, 3.05) is 34.3 Å². The molecule has 0 bridgehead atoms. The maximum Gasteiger partial charge on any atom is 0.259 e. The summed E-state index contributed by atoms with van der Waals surface area (Å²) in [7, 11) is 6.38. The lowest BCUT2D eigenvalue weighted by Crippen LogP contribution is -2.20. The van der Waals surface area contributed by atoms with Crippen LogP contribution in [0.25, 0.3) is 32.3 Å². The highest BCUT2D eigenvalue weighted by Gasteiger charge is 2.18. The van der Waals surface area contributed by atoms with E-state index in [0.717, 1.165) is 26.9 Å². The van der Waals surface area contributed by atoms with Gasteiger partial charge in [-0.1, -0.05) is 0 Å².